The quantitative estimate of drug-likeness (QED) is 0.513. The Labute approximate surface area is 142 Å². The molecule has 6 heteroatoms. The summed E-state index contributed by atoms with van der Waals surface area (Å²) in [6.45, 7) is 3.63. The first-order valence-electron chi connectivity index (χ1n) is 7.62. The summed E-state index contributed by atoms with van der Waals surface area (Å²) in [6.07, 6.45) is 1.60. The molecular formula is C18H19NO4S. The molecule has 2 heterocycles. The van der Waals surface area contributed by atoms with Crippen LogP contribution in [0.1, 0.15) is 19.4 Å². The molecule has 1 unspecified atom stereocenters. The number of carbonyl (C=O) groups is 3. The minimum Gasteiger partial charge on any atom is -0.480 e. The second-order valence-corrected chi connectivity index (χ2v) is 8.92. The number of carboxylic acids is 1. The van der Waals surface area contributed by atoms with Crippen molar-refractivity contribution in [1.29, 1.82) is 0 Å². The van der Waals surface area contributed by atoms with Gasteiger partial charge in [0.15, 0.2) is 5.78 Å². The zero-order valence-electron chi connectivity index (χ0n) is 13.6. The first kappa shape index (κ1) is 16.6. The van der Waals surface area contributed by atoms with Crippen molar-refractivity contribution in [3.63, 3.8) is 0 Å². The molecule has 2 saturated heterocycles. The fourth-order valence-electron chi connectivity index (χ4n) is 3.32. The van der Waals surface area contributed by atoms with Crippen LogP contribution in [-0.2, 0) is 20.8 Å². The lowest BCUT2D eigenvalue weighted by atomic mass is 9.94. The third-order valence-electron chi connectivity index (χ3n) is 4.65. The van der Waals surface area contributed by atoms with Gasteiger partial charge in [0, 0.05) is 11.2 Å². The van der Waals surface area contributed by atoms with Gasteiger partial charge in [0.1, 0.15) is 11.4 Å². The highest BCUT2D eigenvalue weighted by molar-refractivity contribution is 8.16. The standard InChI is InChI=1S/C18H19NO4S/c1-18(2)14(17(22)23)19-15(21)13(16(19)24(18)3)10-12(20)9-11-7-5-4-6-8-11/h4-8,10,14,16H,3,9H2,1-2H3,(H,22,23)/t14-,16+,24?/m0/s1. The monoisotopic (exact) mass is 345 g/mol. The molecule has 126 valence electrons. The van der Waals surface area contributed by atoms with Crippen molar-refractivity contribution in [2.75, 3.05) is 0 Å². The number of β-lactam (4-membered cyclic amide) rings is 1. The number of benzene rings is 1. The first-order valence-corrected chi connectivity index (χ1v) is 9.07. The zero-order chi connectivity index (χ0) is 17.6. The maximum Gasteiger partial charge on any atom is 0.327 e. The van der Waals surface area contributed by atoms with E-state index in [1.807, 2.05) is 44.2 Å². The van der Waals surface area contributed by atoms with Gasteiger partial charge < -0.3 is 10.0 Å². The average molecular weight is 345 g/mol. The fraction of sp³-hybridized carbons (Fsp3) is 0.333. The number of aliphatic carboxylic acids is 1. The van der Waals surface area contributed by atoms with Crippen molar-refractivity contribution < 1.29 is 19.5 Å². The van der Waals surface area contributed by atoms with Crippen molar-refractivity contribution >= 4 is 34.0 Å². The topological polar surface area (TPSA) is 74.7 Å². The van der Waals surface area contributed by atoms with E-state index in [0.717, 1.165) is 5.56 Å². The third-order valence-corrected chi connectivity index (χ3v) is 7.25. The number of allylic oxidation sites excluding steroid dienone is 1. The van der Waals surface area contributed by atoms with Gasteiger partial charge in [0.25, 0.3) is 5.91 Å². The Morgan fingerprint density at radius 2 is 1.96 bits per heavy atom. The molecule has 3 atom stereocenters. The van der Waals surface area contributed by atoms with Crippen LogP contribution in [0.15, 0.2) is 42.0 Å². The highest BCUT2D eigenvalue weighted by Gasteiger charge is 2.62. The summed E-state index contributed by atoms with van der Waals surface area (Å²) >= 11 is 0. The first-order chi connectivity index (χ1) is 11.2. The number of carboxylic acid groups (broad SMARTS) is 1. The Balaban J connectivity index is 1.85. The molecule has 0 aromatic heterocycles. The minimum atomic E-state index is -1.02. The van der Waals surface area contributed by atoms with E-state index in [4.69, 9.17) is 0 Å². The number of fused-ring (bicyclic) bond motifs is 1. The van der Waals surface area contributed by atoms with Gasteiger partial charge in [0.05, 0.1) is 5.57 Å². The number of carbonyl (C=O) groups excluding carboxylic acids is 2. The Morgan fingerprint density at radius 1 is 1.33 bits per heavy atom. The maximum absolute atomic E-state index is 12.4. The molecule has 2 aliphatic rings. The van der Waals surface area contributed by atoms with Crippen LogP contribution in [0.25, 0.3) is 0 Å². The van der Waals surface area contributed by atoms with Crippen LogP contribution in [0.3, 0.4) is 0 Å². The number of hydrogen-bond acceptors (Lipinski definition) is 3. The molecule has 0 spiro atoms. The number of ketones is 1. The molecule has 0 aliphatic carbocycles. The van der Waals surface area contributed by atoms with Crippen LogP contribution in [-0.4, -0.2) is 49.7 Å². The van der Waals surface area contributed by atoms with E-state index in [2.05, 4.69) is 5.87 Å². The van der Waals surface area contributed by atoms with Crippen LogP contribution in [0.2, 0.25) is 0 Å². The summed E-state index contributed by atoms with van der Waals surface area (Å²) in [5.41, 5.74) is 1.28. The van der Waals surface area contributed by atoms with Gasteiger partial charge in [-0.05, 0) is 25.5 Å². The molecule has 1 N–H and O–H groups in total. The second kappa shape index (κ2) is 5.70. The van der Waals surface area contributed by atoms with Crippen LogP contribution in [0.4, 0.5) is 0 Å². The van der Waals surface area contributed by atoms with Gasteiger partial charge in [-0.1, -0.05) is 36.2 Å². The van der Waals surface area contributed by atoms with E-state index >= 15 is 0 Å². The molecule has 0 radical (unpaired) electrons. The molecule has 24 heavy (non-hydrogen) atoms. The van der Waals surface area contributed by atoms with Crippen molar-refractivity contribution in [3.8, 4) is 0 Å². The summed E-state index contributed by atoms with van der Waals surface area (Å²) in [5, 5.41) is 9.10. The Bertz CT molecular complexity index is 781. The van der Waals surface area contributed by atoms with Crippen LogP contribution < -0.4 is 0 Å². The van der Waals surface area contributed by atoms with Gasteiger partial charge in [0.2, 0.25) is 0 Å². The van der Waals surface area contributed by atoms with Gasteiger partial charge >= 0.3 is 5.97 Å². The highest BCUT2D eigenvalue weighted by atomic mass is 32.2. The van der Waals surface area contributed by atoms with E-state index in [-0.39, 0.29) is 23.5 Å². The van der Waals surface area contributed by atoms with Crippen LogP contribution in [0, 0.1) is 0 Å². The van der Waals surface area contributed by atoms with Crippen LogP contribution in [0.5, 0.6) is 0 Å². The molecule has 5 nitrogen and oxygen atoms in total. The predicted octanol–water partition coefficient (Wildman–Crippen LogP) is 1.84. The molecule has 0 saturated carbocycles. The lowest BCUT2D eigenvalue weighted by Crippen LogP contribution is -2.58. The fourth-order valence-corrected chi connectivity index (χ4v) is 5.37. The Morgan fingerprint density at radius 3 is 2.54 bits per heavy atom. The van der Waals surface area contributed by atoms with Crippen molar-refractivity contribution in [2.45, 2.75) is 36.4 Å². The smallest absolute Gasteiger partial charge is 0.327 e. The lowest BCUT2D eigenvalue weighted by molar-refractivity contribution is -0.152. The van der Waals surface area contributed by atoms with Gasteiger partial charge in [-0.3, -0.25) is 9.59 Å². The number of hydrogen-bond donors (Lipinski definition) is 1. The van der Waals surface area contributed by atoms with E-state index < -0.39 is 27.2 Å². The second-order valence-electron chi connectivity index (χ2n) is 6.57. The highest BCUT2D eigenvalue weighted by Crippen LogP contribution is 2.56. The third kappa shape index (κ3) is 2.41. The van der Waals surface area contributed by atoms with E-state index in [1.165, 1.54) is 11.0 Å². The molecule has 1 amide bonds. The summed E-state index contributed by atoms with van der Waals surface area (Å²) in [5.74, 6) is 2.56. The molecule has 3 rings (SSSR count). The van der Waals surface area contributed by atoms with Gasteiger partial charge in [-0.15, -0.1) is 0 Å². The van der Waals surface area contributed by atoms with Crippen LogP contribution >= 0.6 is 10.5 Å². The maximum atomic E-state index is 12.4. The van der Waals surface area contributed by atoms with E-state index in [1.54, 1.807) is 0 Å². The molecule has 2 aliphatic heterocycles. The van der Waals surface area contributed by atoms with Crippen molar-refractivity contribution in [1.82, 2.24) is 4.90 Å². The average Bonchev–Trinajstić information content (AvgIpc) is 2.71. The van der Waals surface area contributed by atoms with Crippen molar-refractivity contribution in [3.05, 3.63) is 47.5 Å². The van der Waals surface area contributed by atoms with Crippen molar-refractivity contribution in [2.24, 2.45) is 0 Å². The number of amides is 1. The summed E-state index contributed by atoms with van der Waals surface area (Å²) < 4.78 is -0.621. The SMILES string of the molecule is C=S1[C@@H]2C(=CC(=O)Cc3ccccc3)C(=O)N2[C@@H](C(=O)O)C1(C)C. The zero-order valence-corrected chi connectivity index (χ0v) is 14.4. The van der Waals surface area contributed by atoms with E-state index in [9.17, 15) is 19.5 Å². The molecule has 1 aromatic rings. The minimum absolute atomic E-state index is 0.155. The summed E-state index contributed by atoms with van der Waals surface area (Å²) in [4.78, 5) is 37.6. The predicted molar refractivity (Wildman–Crippen MR) is 94.1 cm³/mol. The Hall–Kier alpha value is -2.21. The Kier molecular flexibility index (Phi) is 3.95. The molecular weight excluding hydrogens is 326 g/mol. The number of rotatable bonds is 4. The molecule has 0 bridgehead atoms. The summed E-state index contributed by atoms with van der Waals surface area (Å²) in [6, 6.07) is 8.41. The van der Waals surface area contributed by atoms with Gasteiger partial charge in [-0.25, -0.2) is 4.79 Å². The molecule has 1 aromatic carbocycles. The molecule has 2 fully saturated rings. The number of nitrogens with zero attached hydrogens (tertiary/aromatic N) is 1. The summed E-state index contributed by atoms with van der Waals surface area (Å²) in [7, 11) is -0.582. The van der Waals surface area contributed by atoms with Gasteiger partial charge in [-0.2, -0.15) is 10.5 Å². The largest absolute Gasteiger partial charge is 0.480 e. The lowest BCUT2D eigenvalue weighted by Gasteiger charge is -2.39. The van der Waals surface area contributed by atoms with E-state index in [0.29, 0.717) is 5.57 Å². The normalized spacial score (nSPS) is 29.2.